The van der Waals surface area contributed by atoms with Crippen molar-refractivity contribution in [3.05, 3.63) is 87.6 Å². The number of methoxy groups -OCH3 is 1. The van der Waals surface area contributed by atoms with Crippen LogP contribution in [0, 0.1) is 17.0 Å². The number of benzene rings is 2. The average Bonchev–Trinajstić information content (AvgIpc) is 3.63. The molecule has 43 heavy (non-hydrogen) atoms. The number of rotatable bonds is 11. The normalized spacial score (nSPS) is 23.0. The molecule has 0 saturated heterocycles. The lowest BCUT2D eigenvalue weighted by Crippen LogP contribution is -2.76. The fraction of sp³-hybridized carbons (Fsp3) is 0.393. The number of thiazole rings is 1. The van der Waals surface area contributed by atoms with E-state index in [9.17, 15) is 23.8 Å². The highest BCUT2D eigenvalue weighted by Gasteiger charge is 2.82. The van der Waals surface area contributed by atoms with E-state index in [1.165, 1.54) is 12.5 Å². The zero-order chi connectivity index (χ0) is 30.6. The second kappa shape index (κ2) is 10.3. The van der Waals surface area contributed by atoms with Gasteiger partial charge in [-0.1, -0.05) is 12.1 Å². The van der Waals surface area contributed by atoms with Crippen molar-refractivity contribution in [1.29, 1.82) is 0 Å². The Morgan fingerprint density at radius 3 is 2.51 bits per heavy atom. The Morgan fingerprint density at radius 2 is 1.88 bits per heavy atom. The van der Waals surface area contributed by atoms with Gasteiger partial charge in [0.05, 0.1) is 13.7 Å². The average molecular weight is 620 g/mol. The fourth-order valence-corrected chi connectivity index (χ4v) is 7.08. The summed E-state index contributed by atoms with van der Waals surface area (Å²) >= 11 is 1.09. The molecule has 0 radical (unpaired) electrons. The van der Waals surface area contributed by atoms with Crippen LogP contribution in [0.3, 0.4) is 0 Å². The van der Waals surface area contributed by atoms with Gasteiger partial charge in [0.2, 0.25) is 0 Å². The molecule has 10 nitrogen and oxygen atoms in total. The molecule has 2 heterocycles. The lowest BCUT2D eigenvalue weighted by molar-refractivity contribution is -0.347. The minimum atomic E-state index is -3.82. The second-order valence-electron chi connectivity index (χ2n) is 11.1. The third-order valence-corrected chi connectivity index (χ3v) is 9.40. The van der Waals surface area contributed by atoms with Gasteiger partial charge in [0.1, 0.15) is 41.4 Å². The summed E-state index contributed by atoms with van der Waals surface area (Å²) in [6, 6.07) is 8.95. The van der Waals surface area contributed by atoms with Crippen LogP contribution in [-0.4, -0.2) is 61.0 Å². The molecule has 0 amide bonds. The van der Waals surface area contributed by atoms with Crippen LogP contribution in [0.5, 0.6) is 5.75 Å². The van der Waals surface area contributed by atoms with Gasteiger partial charge in [-0.05, 0) is 64.9 Å². The molecule has 15 heteroatoms. The zero-order valence-electron chi connectivity index (χ0n) is 22.6. The molecule has 0 spiro atoms. The summed E-state index contributed by atoms with van der Waals surface area (Å²) in [7, 11) is 1.23. The predicted molar refractivity (Wildman–Crippen MR) is 141 cm³/mol. The first-order valence-corrected chi connectivity index (χ1v) is 14.0. The number of alkyl halides is 2. The first-order valence-electron chi connectivity index (χ1n) is 13.1. The molecule has 226 valence electrons. The number of ether oxygens (including phenoxy) is 2. The summed E-state index contributed by atoms with van der Waals surface area (Å²) in [6.45, 7) is -0.971. The smallest absolute Gasteiger partial charge is 0.357 e. The highest BCUT2D eigenvalue weighted by molar-refractivity contribution is 7.09. The molecular formula is C28H25F4N5O5S. The van der Waals surface area contributed by atoms with E-state index in [0.717, 1.165) is 40.0 Å². The van der Waals surface area contributed by atoms with Crippen LogP contribution in [0.2, 0.25) is 0 Å². The summed E-state index contributed by atoms with van der Waals surface area (Å²) in [5.74, 6) is -6.26. The summed E-state index contributed by atoms with van der Waals surface area (Å²) in [5, 5.41) is 34.0. The molecule has 0 aliphatic heterocycles. The maximum absolute atomic E-state index is 16.4. The Morgan fingerprint density at radius 1 is 1.16 bits per heavy atom. The highest BCUT2D eigenvalue weighted by atomic mass is 32.1. The molecule has 3 aliphatic carbocycles. The van der Waals surface area contributed by atoms with Crippen molar-refractivity contribution in [1.82, 2.24) is 25.2 Å². The number of aliphatic hydroxyl groups is 2. The van der Waals surface area contributed by atoms with Crippen molar-refractivity contribution >= 4 is 17.3 Å². The number of carbonyl (C=O) groups excluding carboxylic acids is 1. The van der Waals surface area contributed by atoms with Crippen LogP contribution >= 0.6 is 11.3 Å². The molecule has 2 aromatic heterocycles. The molecule has 3 aliphatic rings. The Labute approximate surface area is 245 Å². The van der Waals surface area contributed by atoms with Crippen molar-refractivity contribution in [2.24, 2.45) is 5.41 Å². The second-order valence-corrected chi connectivity index (χ2v) is 12.0. The van der Waals surface area contributed by atoms with Gasteiger partial charge in [-0.3, -0.25) is 0 Å². The van der Waals surface area contributed by atoms with Gasteiger partial charge in [-0.2, -0.15) is 0 Å². The number of carbonyl (C=O) groups is 1. The van der Waals surface area contributed by atoms with Gasteiger partial charge in [0, 0.05) is 22.4 Å². The van der Waals surface area contributed by atoms with Gasteiger partial charge in [0.15, 0.2) is 11.3 Å². The van der Waals surface area contributed by atoms with Gasteiger partial charge in [-0.15, -0.1) is 16.4 Å². The monoisotopic (exact) mass is 619 g/mol. The summed E-state index contributed by atoms with van der Waals surface area (Å²) < 4.78 is 72.3. The predicted octanol–water partition coefficient (Wildman–Crippen LogP) is 3.95. The molecular weight excluding hydrogens is 594 g/mol. The fourth-order valence-electron chi connectivity index (χ4n) is 6.32. The lowest BCUT2D eigenvalue weighted by atomic mass is 9.30. The van der Waals surface area contributed by atoms with Crippen LogP contribution in [-0.2, 0) is 22.3 Å². The van der Waals surface area contributed by atoms with Crippen LogP contribution in [0.1, 0.15) is 52.0 Å². The van der Waals surface area contributed by atoms with E-state index in [-0.39, 0.29) is 36.6 Å². The van der Waals surface area contributed by atoms with E-state index < -0.39 is 58.2 Å². The van der Waals surface area contributed by atoms with E-state index in [2.05, 4.69) is 25.2 Å². The Kier molecular flexibility index (Phi) is 7.01. The third-order valence-electron chi connectivity index (χ3n) is 8.45. The van der Waals surface area contributed by atoms with Crippen molar-refractivity contribution < 1.29 is 42.0 Å². The number of aliphatic hydroxyl groups excluding tert-OH is 1. The largest absolute Gasteiger partial charge is 0.490 e. The quantitative estimate of drug-likeness (QED) is 0.189. The molecule has 7 rings (SSSR count). The summed E-state index contributed by atoms with van der Waals surface area (Å²) in [5.41, 5.74) is -5.07. The van der Waals surface area contributed by atoms with Gasteiger partial charge < -0.3 is 19.7 Å². The zero-order valence-corrected chi connectivity index (χ0v) is 23.4. The van der Waals surface area contributed by atoms with Crippen molar-refractivity contribution in [3.63, 3.8) is 0 Å². The summed E-state index contributed by atoms with van der Waals surface area (Å²) in [4.78, 5) is 15.6. The Bertz CT molecular complexity index is 1630. The molecule has 2 bridgehead atoms. The standard InChI is InChI=1S/C28H25F4N5O5S/c1-41-24(39)21-10-43-23(34-21)22(38)9-42-18-5-2-16(3-6-18)25-11-26(12-25,13-25)28(31,32)27(40,14-37-15-33-35-36-37)19-7-4-17(29)8-20(19)30/h2-8,10,15,22,38,40H,9,11-14H2,1H3/t22-,25?,26?,27-/m0/s1. The van der Waals surface area contributed by atoms with Crippen LogP contribution in [0.4, 0.5) is 17.6 Å². The topological polar surface area (TPSA) is 132 Å². The molecule has 2 aromatic carbocycles. The summed E-state index contributed by atoms with van der Waals surface area (Å²) in [6.07, 6.45) is 0.0730. The van der Waals surface area contributed by atoms with E-state index >= 15 is 8.78 Å². The Balaban J connectivity index is 1.14. The number of hydrogen-bond acceptors (Lipinski definition) is 10. The third kappa shape index (κ3) is 4.66. The Hall–Kier alpha value is -3.95. The van der Waals surface area contributed by atoms with Crippen molar-refractivity contribution in [2.75, 3.05) is 13.7 Å². The molecule has 2 atom stereocenters. The number of tetrazole rings is 1. The van der Waals surface area contributed by atoms with E-state index in [1.54, 1.807) is 24.3 Å². The molecule has 0 unspecified atom stereocenters. The lowest BCUT2D eigenvalue weighted by Gasteiger charge is -2.74. The van der Waals surface area contributed by atoms with Gasteiger partial charge in [-0.25, -0.2) is 32.0 Å². The van der Waals surface area contributed by atoms with Crippen LogP contribution in [0.25, 0.3) is 0 Å². The van der Waals surface area contributed by atoms with Crippen LogP contribution < -0.4 is 4.74 Å². The van der Waals surface area contributed by atoms with Gasteiger partial charge >= 0.3 is 5.97 Å². The van der Waals surface area contributed by atoms with E-state index in [0.29, 0.717) is 11.8 Å². The van der Waals surface area contributed by atoms with Crippen molar-refractivity contribution in [3.8, 4) is 5.75 Å². The number of halogens is 4. The van der Waals surface area contributed by atoms with Crippen molar-refractivity contribution in [2.45, 2.75) is 48.8 Å². The number of aromatic nitrogens is 5. The highest BCUT2D eigenvalue weighted by Crippen LogP contribution is 2.80. The maximum atomic E-state index is 16.4. The van der Waals surface area contributed by atoms with Gasteiger partial charge in [0.25, 0.3) is 5.92 Å². The van der Waals surface area contributed by atoms with Crippen LogP contribution in [0.15, 0.2) is 54.2 Å². The minimum absolute atomic E-state index is 0.0409. The molecule has 4 aromatic rings. The number of hydrogen-bond donors (Lipinski definition) is 2. The SMILES string of the molecule is COC(=O)c1csc([C@@H](O)COc2ccc(C34CC(C(F)(F)[C@](O)(Cn5cnnn5)c5ccc(F)cc5F)(C3)C4)cc2)n1. The minimum Gasteiger partial charge on any atom is -0.490 e. The number of nitrogens with zero attached hydrogens (tertiary/aromatic N) is 5. The maximum Gasteiger partial charge on any atom is 0.357 e. The molecule has 3 saturated carbocycles. The first-order chi connectivity index (χ1) is 20.4. The van der Waals surface area contributed by atoms with E-state index in [1.807, 2.05) is 0 Å². The molecule has 2 N–H and O–H groups in total. The van der Waals surface area contributed by atoms with E-state index in [4.69, 9.17) is 4.74 Å². The first kappa shape index (κ1) is 29.1. The number of esters is 1. The molecule has 3 fully saturated rings.